The zero-order valence-corrected chi connectivity index (χ0v) is 8.83. The maximum Gasteiger partial charge on any atom is 0.226 e. The molecule has 0 aromatic carbocycles. The largest absolute Gasteiger partial charge is 0.480 e. The van der Waals surface area contributed by atoms with Gasteiger partial charge in [-0.2, -0.15) is 4.98 Å². The van der Waals surface area contributed by atoms with Crippen molar-refractivity contribution in [1.29, 1.82) is 0 Å². The molecular weight excluding hydrogens is 178 g/mol. The monoisotopic (exact) mass is 191 g/mol. The molecule has 0 aliphatic rings. The van der Waals surface area contributed by atoms with E-state index in [-0.39, 0.29) is 0 Å². The molecule has 0 N–H and O–H groups in total. The summed E-state index contributed by atoms with van der Waals surface area (Å²) in [5, 5.41) is 1.00. The van der Waals surface area contributed by atoms with Crippen molar-refractivity contribution in [2.75, 3.05) is 7.11 Å². The van der Waals surface area contributed by atoms with Crippen LogP contribution in [0.1, 0.15) is 11.4 Å². The number of aryl methyl sites for hydroxylation is 3. The molecule has 0 atom stereocenters. The summed E-state index contributed by atoms with van der Waals surface area (Å²) in [6.07, 6.45) is 2.03. The van der Waals surface area contributed by atoms with Gasteiger partial charge in [-0.15, -0.1) is 0 Å². The zero-order valence-electron chi connectivity index (χ0n) is 8.83. The van der Waals surface area contributed by atoms with Gasteiger partial charge in [0.05, 0.1) is 12.5 Å². The molecule has 0 bridgehead atoms. The fourth-order valence-corrected chi connectivity index (χ4v) is 1.70. The lowest BCUT2D eigenvalue weighted by Crippen LogP contribution is -1.96. The van der Waals surface area contributed by atoms with Crippen LogP contribution in [0, 0.1) is 13.8 Å². The second-order valence-corrected chi connectivity index (χ2v) is 3.40. The molecule has 0 radical (unpaired) electrons. The molecule has 0 unspecified atom stereocenters. The van der Waals surface area contributed by atoms with Gasteiger partial charge in [0.1, 0.15) is 11.5 Å². The molecule has 4 nitrogen and oxygen atoms in total. The minimum Gasteiger partial charge on any atom is -0.480 e. The molecule has 74 valence electrons. The van der Waals surface area contributed by atoms with Crippen LogP contribution in [0.3, 0.4) is 0 Å². The average molecular weight is 191 g/mol. The Balaban J connectivity index is 2.90. The minimum atomic E-state index is 0.658. The van der Waals surface area contributed by atoms with E-state index in [1.165, 1.54) is 0 Å². The highest BCUT2D eigenvalue weighted by atomic mass is 16.5. The number of nitrogens with zero attached hydrogens (tertiary/aromatic N) is 3. The summed E-state index contributed by atoms with van der Waals surface area (Å²) < 4.78 is 7.23. The molecule has 0 aliphatic carbocycles. The van der Waals surface area contributed by atoms with Gasteiger partial charge in [-0.05, 0) is 19.4 Å². The van der Waals surface area contributed by atoms with Crippen LogP contribution in [-0.2, 0) is 7.05 Å². The second-order valence-electron chi connectivity index (χ2n) is 3.40. The average Bonchev–Trinajstić information content (AvgIpc) is 2.41. The number of ether oxygens (including phenoxy) is 1. The summed E-state index contributed by atoms with van der Waals surface area (Å²) in [5.74, 6) is 1.39. The first-order chi connectivity index (χ1) is 6.63. The van der Waals surface area contributed by atoms with Crippen LogP contribution in [0.15, 0.2) is 6.20 Å². The lowest BCUT2D eigenvalue weighted by Gasteiger charge is -2.03. The molecule has 2 aromatic heterocycles. The molecule has 2 rings (SSSR count). The van der Waals surface area contributed by atoms with Crippen LogP contribution < -0.4 is 4.74 Å². The molecule has 0 saturated carbocycles. The van der Waals surface area contributed by atoms with E-state index < -0.39 is 0 Å². The highest BCUT2D eigenvalue weighted by molar-refractivity contribution is 5.85. The molecule has 0 fully saturated rings. The molecule has 2 aromatic rings. The maximum atomic E-state index is 5.24. The normalized spacial score (nSPS) is 10.9. The fourth-order valence-electron chi connectivity index (χ4n) is 1.70. The Morgan fingerprint density at radius 1 is 1.29 bits per heavy atom. The van der Waals surface area contributed by atoms with E-state index in [1.807, 2.05) is 31.7 Å². The van der Waals surface area contributed by atoms with E-state index in [4.69, 9.17) is 4.74 Å². The van der Waals surface area contributed by atoms with Crippen LogP contribution in [0.5, 0.6) is 5.88 Å². The van der Waals surface area contributed by atoms with E-state index in [0.717, 1.165) is 22.4 Å². The molecule has 0 aliphatic heterocycles. The molecular formula is C10H13N3O. The van der Waals surface area contributed by atoms with Gasteiger partial charge >= 0.3 is 0 Å². The Morgan fingerprint density at radius 2 is 2.00 bits per heavy atom. The van der Waals surface area contributed by atoms with E-state index in [0.29, 0.717) is 5.88 Å². The minimum absolute atomic E-state index is 0.658. The predicted octanol–water partition coefficient (Wildman–Crippen LogP) is 1.59. The summed E-state index contributed by atoms with van der Waals surface area (Å²) in [6.45, 7) is 3.90. The van der Waals surface area contributed by atoms with Crippen LogP contribution in [-0.4, -0.2) is 21.6 Å². The first-order valence-electron chi connectivity index (χ1n) is 4.47. The molecule has 0 spiro atoms. The van der Waals surface area contributed by atoms with Gasteiger partial charge in [0.15, 0.2) is 0 Å². The first-order valence-corrected chi connectivity index (χ1v) is 4.47. The van der Waals surface area contributed by atoms with Gasteiger partial charge in [-0.3, -0.25) is 0 Å². The Morgan fingerprint density at radius 3 is 2.64 bits per heavy atom. The molecule has 4 heteroatoms. The number of aromatic nitrogens is 3. The van der Waals surface area contributed by atoms with Gasteiger partial charge in [0, 0.05) is 13.2 Å². The van der Waals surface area contributed by atoms with E-state index in [1.54, 1.807) is 7.11 Å². The van der Waals surface area contributed by atoms with Crippen molar-refractivity contribution in [3.8, 4) is 5.88 Å². The molecule has 0 amide bonds. The van der Waals surface area contributed by atoms with Crippen molar-refractivity contribution in [3.05, 3.63) is 17.6 Å². The van der Waals surface area contributed by atoms with Crippen molar-refractivity contribution in [2.24, 2.45) is 7.05 Å². The summed E-state index contributed by atoms with van der Waals surface area (Å²) >= 11 is 0. The lowest BCUT2D eigenvalue weighted by atomic mass is 10.2. The lowest BCUT2D eigenvalue weighted by molar-refractivity contribution is 0.401. The van der Waals surface area contributed by atoms with Gasteiger partial charge in [0.2, 0.25) is 5.88 Å². The van der Waals surface area contributed by atoms with E-state index in [2.05, 4.69) is 9.97 Å². The van der Waals surface area contributed by atoms with Gasteiger partial charge in [-0.1, -0.05) is 0 Å². The summed E-state index contributed by atoms with van der Waals surface area (Å²) in [5.41, 5.74) is 2.06. The van der Waals surface area contributed by atoms with Crippen molar-refractivity contribution < 1.29 is 4.74 Å². The van der Waals surface area contributed by atoms with Crippen molar-refractivity contribution in [1.82, 2.24) is 14.5 Å². The summed E-state index contributed by atoms with van der Waals surface area (Å²) in [7, 11) is 3.61. The Kier molecular flexibility index (Phi) is 1.91. The number of methoxy groups -OCH3 is 1. The van der Waals surface area contributed by atoms with Crippen LogP contribution >= 0.6 is 0 Å². The smallest absolute Gasteiger partial charge is 0.226 e. The standard InChI is InChI=1S/C10H13N3O/c1-6-5-13(3)9-8(6)10(14-4)12-7(2)11-9/h5H,1-4H3. The first kappa shape index (κ1) is 8.99. The third-order valence-corrected chi connectivity index (χ3v) is 2.28. The fraction of sp³-hybridized carbons (Fsp3) is 0.400. The summed E-state index contributed by atoms with van der Waals surface area (Å²) in [4.78, 5) is 8.62. The number of hydrogen-bond donors (Lipinski definition) is 0. The third kappa shape index (κ3) is 1.14. The van der Waals surface area contributed by atoms with E-state index in [9.17, 15) is 0 Å². The Labute approximate surface area is 82.5 Å². The Bertz CT molecular complexity index is 488. The maximum absolute atomic E-state index is 5.24. The quantitative estimate of drug-likeness (QED) is 0.687. The Hall–Kier alpha value is -1.58. The zero-order chi connectivity index (χ0) is 10.3. The van der Waals surface area contributed by atoms with Crippen LogP contribution in [0.4, 0.5) is 0 Å². The van der Waals surface area contributed by atoms with Crippen LogP contribution in [0.2, 0.25) is 0 Å². The van der Waals surface area contributed by atoms with Gasteiger partial charge in [-0.25, -0.2) is 4.98 Å². The molecule has 14 heavy (non-hydrogen) atoms. The number of fused-ring (bicyclic) bond motifs is 1. The topological polar surface area (TPSA) is 39.9 Å². The SMILES string of the molecule is COc1nc(C)nc2c1c(C)cn2C. The molecule has 0 saturated heterocycles. The van der Waals surface area contributed by atoms with Gasteiger partial charge in [0.25, 0.3) is 0 Å². The van der Waals surface area contributed by atoms with Crippen molar-refractivity contribution in [3.63, 3.8) is 0 Å². The highest BCUT2D eigenvalue weighted by Crippen LogP contribution is 2.26. The summed E-state index contributed by atoms with van der Waals surface area (Å²) in [6, 6.07) is 0. The van der Waals surface area contributed by atoms with Crippen LogP contribution in [0.25, 0.3) is 11.0 Å². The van der Waals surface area contributed by atoms with Crippen molar-refractivity contribution in [2.45, 2.75) is 13.8 Å². The second kappa shape index (κ2) is 2.97. The third-order valence-electron chi connectivity index (χ3n) is 2.28. The number of hydrogen-bond acceptors (Lipinski definition) is 3. The van der Waals surface area contributed by atoms with Gasteiger partial charge < -0.3 is 9.30 Å². The molecule has 2 heterocycles. The van der Waals surface area contributed by atoms with E-state index >= 15 is 0 Å². The predicted molar refractivity (Wildman–Crippen MR) is 54.5 cm³/mol. The number of rotatable bonds is 1. The van der Waals surface area contributed by atoms with Crippen molar-refractivity contribution >= 4 is 11.0 Å². The highest BCUT2D eigenvalue weighted by Gasteiger charge is 2.11.